The van der Waals surface area contributed by atoms with Crippen molar-refractivity contribution in [2.45, 2.75) is 0 Å². The number of hydrogen-bond acceptors (Lipinski definition) is 13. The zero-order valence-electron chi connectivity index (χ0n) is 18.3. The molecule has 0 spiro atoms. The monoisotopic (exact) mass is 479 g/mol. The Bertz CT molecular complexity index is 846. The predicted octanol–water partition coefficient (Wildman–Crippen LogP) is -6.89. The van der Waals surface area contributed by atoms with Gasteiger partial charge in [-0.15, -0.1) is 0 Å². The first-order valence-electron chi connectivity index (χ1n) is 10.1. The molecule has 0 aromatic heterocycles. The third-order valence-electron chi connectivity index (χ3n) is 4.44. The van der Waals surface area contributed by atoms with Gasteiger partial charge in [0.1, 0.15) is 0 Å². The van der Waals surface area contributed by atoms with Crippen LogP contribution in [0.1, 0.15) is 0 Å². The molecule has 14 heteroatoms. The number of nitrogens with one attached hydrogen (secondary N) is 1. The highest BCUT2D eigenvalue weighted by Gasteiger charge is 2.15. The summed E-state index contributed by atoms with van der Waals surface area (Å²) in [5.74, 6) is -6.51. The Morgan fingerprint density at radius 2 is 0.971 bits per heavy atom. The Morgan fingerprint density at radius 3 is 1.38 bits per heavy atom. The molecule has 0 fully saturated rings. The van der Waals surface area contributed by atoms with Crippen LogP contribution in [0.2, 0.25) is 0 Å². The number of benzene rings is 1. The molecular weight excluding hydrogens is 454 g/mol. The van der Waals surface area contributed by atoms with Crippen molar-refractivity contribution in [2.75, 3.05) is 70.0 Å². The Balaban J connectivity index is 2.74. The van der Waals surface area contributed by atoms with E-state index in [4.69, 9.17) is 5.73 Å². The topological polar surface area (TPSA) is 225 Å². The number of amides is 1. The van der Waals surface area contributed by atoms with Gasteiger partial charge in [-0.2, -0.15) is 0 Å². The van der Waals surface area contributed by atoms with Crippen LogP contribution in [-0.4, -0.2) is 103 Å². The van der Waals surface area contributed by atoms with Gasteiger partial charge in [0, 0.05) is 63.7 Å². The lowest BCUT2D eigenvalue weighted by Gasteiger charge is -2.30. The highest BCUT2D eigenvalue weighted by Crippen LogP contribution is 2.10. The normalized spacial score (nSPS) is 11.0. The molecule has 0 bridgehead atoms. The number of nitrogens with two attached hydrogens (primary N) is 1. The number of nitrogen functional groups attached to an aromatic ring is 1. The van der Waals surface area contributed by atoms with Gasteiger partial charge in [-0.25, -0.2) is 0 Å². The van der Waals surface area contributed by atoms with Crippen LogP contribution in [0.3, 0.4) is 0 Å². The van der Waals surface area contributed by atoms with E-state index in [2.05, 4.69) is 5.32 Å². The minimum atomic E-state index is -1.53. The van der Waals surface area contributed by atoms with E-state index in [0.29, 0.717) is 11.4 Å². The van der Waals surface area contributed by atoms with E-state index in [0.717, 1.165) is 4.90 Å². The van der Waals surface area contributed by atoms with E-state index in [1.807, 2.05) is 0 Å². The Morgan fingerprint density at radius 1 is 0.618 bits per heavy atom. The molecule has 188 valence electrons. The van der Waals surface area contributed by atoms with Crippen molar-refractivity contribution in [3.8, 4) is 0 Å². The minimum absolute atomic E-state index is 0.0547. The molecule has 0 heterocycles. The summed E-state index contributed by atoms with van der Waals surface area (Å²) in [5.41, 5.74) is 6.50. The highest BCUT2D eigenvalue weighted by molar-refractivity contribution is 5.92. The van der Waals surface area contributed by atoms with Crippen molar-refractivity contribution in [3.05, 3.63) is 24.3 Å². The highest BCUT2D eigenvalue weighted by atomic mass is 16.4. The fraction of sp³-hybridized carbons (Fsp3) is 0.450. The van der Waals surface area contributed by atoms with Crippen LogP contribution < -0.4 is 31.5 Å². The minimum Gasteiger partial charge on any atom is -0.549 e. The van der Waals surface area contributed by atoms with Gasteiger partial charge >= 0.3 is 0 Å². The first kappa shape index (κ1) is 28.3. The summed E-state index contributed by atoms with van der Waals surface area (Å²) in [6, 6.07) is 6.25. The summed E-state index contributed by atoms with van der Waals surface area (Å²) < 4.78 is 0. The average molecular weight is 479 g/mol. The third kappa shape index (κ3) is 12.9. The second-order valence-corrected chi connectivity index (χ2v) is 7.36. The summed E-state index contributed by atoms with van der Waals surface area (Å²) >= 11 is 0. The van der Waals surface area contributed by atoms with E-state index in [9.17, 15) is 44.4 Å². The fourth-order valence-electron chi connectivity index (χ4n) is 2.96. The molecule has 1 aromatic carbocycles. The molecule has 14 nitrogen and oxygen atoms in total. The molecule has 0 aliphatic carbocycles. The van der Waals surface area contributed by atoms with Crippen LogP contribution in [0.5, 0.6) is 0 Å². The van der Waals surface area contributed by atoms with Gasteiger partial charge in [0.05, 0.1) is 30.4 Å². The molecule has 0 aliphatic rings. The maximum absolute atomic E-state index is 12.3. The number of carboxylic acid groups (broad SMARTS) is 4. The van der Waals surface area contributed by atoms with Crippen LogP contribution in [0.25, 0.3) is 0 Å². The van der Waals surface area contributed by atoms with Crippen molar-refractivity contribution < 1.29 is 44.4 Å². The first-order valence-corrected chi connectivity index (χ1v) is 10.1. The zero-order valence-corrected chi connectivity index (χ0v) is 18.3. The Labute approximate surface area is 195 Å². The Kier molecular flexibility index (Phi) is 12.0. The molecule has 34 heavy (non-hydrogen) atoms. The smallest absolute Gasteiger partial charge is 0.238 e. The van der Waals surface area contributed by atoms with Crippen LogP contribution in [0.15, 0.2) is 24.3 Å². The van der Waals surface area contributed by atoms with Gasteiger partial charge in [0.2, 0.25) is 5.91 Å². The maximum Gasteiger partial charge on any atom is 0.238 e. The number of hydrogen-bond donors (Lipinski definition) is 2. The second-order valence-electron chi connectivity index (χ2n) is 7.36. The molecule has 0 aliphatic heterocycles. The number of aliphatic carboxylic acids is 4. The average Bonchev–Trinajstić information content (AvgIpc) is 2.69. The molecular formula is C20H25N5O9-4. The van der Waals surface area contributed by atoms with E-state index >= 15 is 0 Å². The number of carbonyl (C=O) groups is 5. The largest absolute Gasteiger partial charge is 0.549 e. The molecule has 0 atom stereocenters. The van der Waals surface area contributed by atoms with Crippen LogP contribution in [0, 0.1) is 0 Å². The van der Waals surface area contributed by atoms with E-state index < -0.39 is 56.0 Å². The van der Waals surface area contributed by atoms with Gasteiger partial charge in [-0.1, -0.05) is 0 Å². The summed E-state index contributed by atoms with van der Waals surface area (Å²) in [6.07, 6.45) is 0. The summed E-state index contributed by atoms with van der Waals surface area (Å²) in [6.45, 7) is -3.36. The second kappa shape index (κ2) is 14.4. The standard InChI is InChI=1S/C20H29N5O9/c21-14-1-3-15(4-2-14)22-16(26)9-24(11-18(29)30)7-5-23(10-17(27)28)6-8-25(12-19(31)32)13-20(33)34/h1-4H,5-13,21H2,(H,22,26)(H,27,28)(H,29,30)(H,31,32)(H,33,34)/p-4. The van der Waals surface area contributed by atoms with Gasteiger partial charge in [-0.3, -0.25) is 19.5 Å². The van der Waals surface area contributed by atoms with Crippen molar-refractivity contribution in [2.24, 2.45) is 0 Å². The molecule has 3 N–H and O–H groups in total. The summed E-state index contributed by atoms with van der Waals surface area (Å²) in [4.78, 5) is 59.5. The molecule has 1 rings (SSSR count). The van der Waals surface area contributed by atoms with Crippen LogP contribution in [0.4, 0.5) is 11.4 Å². The summed E-state index contributed by atoms with van der Waals surface area (Å²) in [5, 5.41) is 46.3. The van der Waals surface area contributed by atoms with E-state index in [-0.39, 0.29) is 32.7 Å². The van der Waals surface area contributed by atoms with E-state index in [1.54, 1.807) is 24.3 Å². The number of anilines is 2. The lowest BCUT2D eigenvalue weighted by Crippen LogP contribution is -2.50. The van der Waals surface area contributed by atoms with Crippen molar-refractivity contribution in [1.29, 1.82) is 0 Å². The molecule has 0 unspecified atom stereocenters. The zero-order chi connectivity index (χ0) is 25.7. The van der Waals surface area contributed by atoms with Crippen molar-refractivity contribution in [3.63, 3.8) is 0 Å². The molecule has 0 saturated carbocycles. The molecule has 1 amide bonds. The first-order chi connectivity index (χ1) is 15.9. The third-order valence-corrected chi connectivity index (χ3v) is 4.44. The fourth-order valence-corrected chi connectivity index (χ4v) is 2.96. The van der Waals surface area contributed by atoms with Crippen molar-refractivity contribution >= 4 is 41.2 Å². The quantitative estimate of drug-likeness (QED) is 0.198. The molecule has 0 radical (unpaired) electrons. The van der Waals surface area contributed by atoms with Gasteiger partial charge in [0.25, 0.3) is 0 Å². The molecule has 0 saturated heterocycles. The number of rotatable bonds is 17. The predicted molar refractivity (Wildman–Crippen MR) is 109 cm³/mol. The lowest BCUT2D eigenvalue weighted by molar-refractivity contribution is -0.311. The summed E-state index contributed by atoms with van der Waals surface area (Å²) in [7, 11) is 0. The van der Waals surface area contributed by atoms with E-state index in [1.165, 1.54) is 9.80 Å². The van der Waals surface area contributed by atoms with Crippen LogP contribution >= 0.6 is 0 Å². The number of carbonyl (C=O) groups excluding carboxylic acids is 5. The van der Waals surface area contributed by atoms with Crippen molar-refractivity contribution in [1.82, 2.24) is 14.7 Å². The van der Waals surface area contributed by atoms with Gasteiger partial charge < -0.3 is 50.7 Å². The van der Waals surface area contributed by atoms with Gasteiger partial charge in [-0.05, 0) is 24.3 Å². The van der Waals surface area contributed by atoms with Gasteiger partial charge in [0.15, 0.2) is 0 Å². The Hall–Kier alpha value is -3.75. The molecule has 1 aromatic rings. The number of carboxylic acids is 4. The van der Waals surface area contributed by atoms with Crippen LogP contribution in [-0.2, 0) is 24.0 Å². The maximum atomic E-state index is 12.3. The number of nitrogens with zero attached hydrogens (tertiary/aromatic N) is 3. The lowest BCUT2D eigenvalue weighted by atomic mass is 10.3. The SMILES string of the molecule is Nc1ccc(NC(=O)CN(CCN(CCN(CC(=O)[O-])CC(=O)[O-])CC(=O)[O-])CC(=O)[O-])cc1.